The number of para-hydroxylation sites is 1. The van der Waals surface area contributed by atoms with Gasteiger partial charge in [0.15, 0.2) is 4.80 Å². The van der Waals surface area contributed by atoms with Crippen molar-refractivity contribution >= 4 is 23.4 Å². The molecule has 31 heavy (non-hydrogen) atoms. The number of esters is 1. The molecule has 1 atom stereocenters. The number of aromatic nitrogens is 1. The highest BCUT2D eigenvalue weighted by Crippen LogP contribution is 2.30. The minimum atomic E-state index is -0.601. The summed E-state index contributed by atoms with van der Waals surface area (Å²) in [4.78, 5) is 31.4. The minimum Gasteiger partial charge on any atom is -0.496 e. The first-order chi connectivity index (χ1) is 15.0. The van der Waals surface area contributed by atoms with E-state index in [1.54, 1.807) is 31.6 Å². The second-order valence-corrected chi connectivity index (χ2v) is 7.96. The lowest BCUT2D eigenvalue weighted by molar-refractivity contribution is -0.139. The molecule has 1 aliphatic rings. The number of methoxy groups -OCH3 is 1. The molecule has 0 saturated heterocycles. The Balaban J connectivity index is 1.97. The molecule has 2 aromatic carbocycles. The summed E-state index contributed by atoms with van der Waals surface area (Å²) in [6.45, 7) is 3.78. The van der Waals surface area contributed by atoms with Crippen molar-refractivity contribution in [3.63, 3.8) is 0 Å². The highest BCUT2D eigenvalue weighted by Gasteiger charge is 2.33. The maximum atomic E-state index is 13.5. The van der Waals surface area contributed by atoms with Crippen LogP contribution in [0.5, 0.6) is 5.75 Å². The summed E-state index contributed by atoms with van der Waals surface area (Å²) in [5.74, 6) is 0.216. The predicted octanol–water partition coefficient (Wildman–Crippen LogP) is 2.81. The van der Waals surface area contributed by atoms with Gasteiger partial charge in [-0.2, -0.15) is 0 Å². The molecule has 0 aliphatic carbocycles. The van der Waals surface area contributed by atoms with Crippen LogP contribution >= 0.6 is 11.3 Å². The zero-order chi connectivity index (χ0) is 22.0. The fraction of sp³-hybridized carbons (Fsp3) is 0.208. The molecule has 4 rings (SSSR count). The SMILES string of the molecule is CCOC(=O)C1=C(C)N=c2s/c(=C/c3ccccc3OC)c(=O)n2C1c1ccccc1. The Kier molecular flexibility index (Phi) is 5.86. The molecule has 0 amide bonds. The summed E-state index contributed by atoms with van der Waals surface area (Å²) >= 11 is 1.29. The number of fused-ring (bicyclic) bond motifs is 1. The molecule has 0 spiro atoms. The summed E-state index contributed by atoms with van der Waals surface area (Å²) in [7, 11) is 1.60. The van der Waals surface area contributed by atoms with Crippen molar-refractivity contribution in [2.24, 2.45) is 4.99 Å². The van der Waals surface area contributed by atoms with Gasteiger partial charge in [0.05, 0.1) is 35.6 Å². The smallest absolute Gasteiger partial charge is 0.338 e. The fourth-order valence-corrected chi connectivity index (χ4v) is 4.71. The molecule has 0 N–H and O–H groups in total. The van der Waals surface area contributed by atoms with E-state index < -0.39 is 12.0 Å². The molecule has 0 fully saturated rings. The number of carbonyl (C=O) groups is 1. The predicted molar refractivity (Wildman–Crippen MR) is 120 cm³/mol. The van der Waals surface area contributed by atoms with Crippen LogP contribution in [-0.4, -0.2) is 24.3 Å². The molecule has 7 heteroatoms. The van der Waals surface area contributed by atoms with Crippen molar-refractivity contribution in [3.8, 4) is 5.75 Å². The molecule has 158 valence electrons. The van der Waals surface area contributed by atoms with Gasteiger partial charge in [-0.1, -0.05) is 59.9 Å². The van der Waals surface area contributed by atoms with Gasteiger partial charge in [0.2, 0.25) is 0 Å². The van der Waals surface area contributed by atoms with Crippen LogP contribution in [0.4, 0.5) is 0 Å². The Bertz CT molecular complexity index is 1340. The van der Waals surface area contributed by atoms with Gasteiger partial charge >= 0.3 is 5.97 Å². The molecule has 1 unspecified atom stereocenters. The van der Waals surface area contributed by atoms with Gasteiger partial charge in [-0.3, -0.25) is 9.36 Å². The molecular weight excluding hydrogens is 412 g/mol. The zero-order valence-electron chi connectivity index (χ0n) is 17.5. The highest BCUT2D eigenvalue weighted by molar-refractivity contribution is 7.07. The van der Waals surface area contributed by atoms with Gasteiger partial charge in [0, 0.05) is 5.56 Å². The maximum Gasteiger partial charge on any atom is 0.338 e. The number of hydrogen-bond donors (Lipinski definition) is 0. The van der Waals surface area contributed by atoms with Crippen LogP contribution in [0.2, 0.25) is 0 Å². The Morgan fingerprint density at radius 2 is 1.87 bits per heavy atom. The lowest BCUT2D eigenvalue weighted by Gasteiger charge is -2.24. The normalized spacial score (nSPS) is 16.0. The fourth-order valence-electron chi connectivity index (χ4n) is 3.67. The molecule has 0 bridgehead atoms. The third kappa shape index (κ3) is 3.84. The molecule has 3 aromatic rings. The van der Waals surface area contributed by atoms with E-state index in [0.717, 1.165) is 11.1 Å². The second-order valence-electron chi connectivity index (χ2n) is 6.95. The van der Waals surface area contributed by atoms with Crippen molar-refractivity contribution in [2.45, 2.75) is 19.9 Å². The van der Waals surface area contributed by atoms with Crippen LogP contribution in [0.15, 0.2) is 75.7 Å². The number of nitrogens with zero attached hydrogens (tertiary/aromatic N) is 2. The molecule has 1 aliphatic heterocycles. The third-order valence-electron chi connectivity index (χ3n) is 5.06. The summed E-state index contributed by atoms with van der Waals surface area (Å²) in [5, 5.41) is 0. The summed E-state index contributed by atoms with van der Waals surface area (Å²) < 4.78 is 12.8. The van der Waals surface area contributed by atoms with E-state index in [4.69, 9.17) is 9.47 Å². The van der Waals surface area contributed by atoms with E-state index in [2.05, 4.69) is 4.99 Å². The van der Waals surface area contributed by atoms with Crippen LogP contribution in [0.25, 0.3) is 6.08 Å². The number of carbonyl (C=O) groups excluding carboxylic acids is 1. The molecule has 2 heterocycles. The summed E-state index contributed by atoms with van der Waals surface area (Å²) in [5.41, 5.74) is 2.34. The highest BCUT2D eigenvalue weighted by atomic mass is 32.1. The Morgan fingerprint density at radius 3 is 2.58 bits per heavy atom. The van der Waals surface area contributed by atoms with Crippen molar-refractivity contribution in [3.05, 3.63) is 96.7 Å². The second kappa shape index (κ2) is 8.73. The summed E-state index contributed by atoms with van der Waals surface area (Å²) in [6.07, 6.45) is 1.80. The first-order valence-corrected chi connectivity index (χ1v) is 10.7. The Morgan fingerprint density at radius 1 is 1.16 bits per heavy atom. The number of ether oxygens (including phenoxy) is 2. The summed E-state index contributed by atoms with van der Waals surface area (Å²) in [6, 6.07) is 16.4. The maximum absolute atomic E-state index is 13.5. The standard InChI is InChI=1S/C24H22N2O4S/c1-4-30-23(28)20-15(2)25-24-26(21(20)16-10-6-5-7-11-16)22(27)19(31-24)14-17-12-8-9-13-18(17)29-3/h5-14,21H,4H2,1-3H3/b19-14+. The number of rotatable bonds is 5. The van der Waals surface area contributed by atoms with Crippen LogP contribution < -0.4 is 19.6 Å². The average molecular weight is 435 g/mol. The lowest BCUT2D eigenvalue weighted by atomic mass is 9.96. The van der Waals surface area contributed by atoms with Crippen LogP contribution in [0.3, 0.4) is 0 Å². The topological polar surface area (TPSA) is 69.9 Å². The number of allylic oxidation sites excluding steroid dienone is 1. The van der Waals surface area contributed by atoms with E-state index in [9.17, 15) is 9.59 Å². The molecule has 0 saturated carbocycles. The number of thiazole rings is 1. The molecule has 6 nitrogen and oxygen atoms in total. The van der Waals surface area contributed by atoms with Crippen molar-refractivity contribution in [1.29, 1.82) is 0 Å². The first kappa shape index (κ1) is 20.8. The van der Waals surface area contributed by atoms with Crippen molar-refractivity contribution < 1.29 is 14.3 Å². The molecule has 0 radical (unpaired) electrons. The van der Waals surface area contributed by atoms with E-state index in [1.807, 2.05) is 54.6 Å². The van der Waals surface area contributed by atoms with E-state index >= 15 is 0 Å². The number of hydrogen-bond acceptors (Lipinski definition) is 6. The Labute approximate surface area is 183 Å². The van der Waals surface area contributed by atoms with Gasteiger partial charge in [0.1, 0.15) is 5.75 Å². The Hall–Kier alpha value is -3.45. The average Bonchev–Trinajstić information content (AvgIpc) is 3.08. The van der Waals surface area contributed by atoms with Crippen molar-refractivity contribution in [2.75, 3.05) is 13.7 Å². The van der Waals surface area contributed by atoms with E-state index in [0.29, 0.717) is 26.4 Å². The minimum absolute atomic E-state index is 0.210. The van der Waals surface area contributed by atoms with Gasteiger partial charge in [0.25, 0.3) is 5.56 Å². The van der Waals surface area contributed by atoms with Gasteiger partial charge in [-0.15, -0.1) is 0 Å². The van der Waals surface area contributed by atoms with Gasteiger partial charge in [-0.05, 0) is 31.6 Å². The van der Waals surface area contributed by atoms with E-state index in [-0.39, 0.29) is 12.2 Å². The van der Waals surface area contributed by atoms with Crippen LogP contribution in [0.1, 0.15) is 31.0 Å². The molecule has 1 aromatic heterocycles. The largest absolute Gasteiger partial charge is 0.496 e. The monoisotopic (exact) mass is 434 g/mol. The lowest BCUT2D eigenvalue weighted by Crippen LogP contribution is -2.39. The van der Waals surface area contributed by atoms with Crippen LogP contribution in [0, 0.1) is 0 Å². The quantitative estimate of drug-likeness (QED) is 0.579. The molecular formula is C24H22N2O4S. The van der Waals surface area contributed by atoms with Gasteiger partial charge < -0.3 is 9.47 Å². The van der Waals surface area contributed by atoms with Crippen LogP contribution in [-0.2, 0) is 9.53 Å². The van der Waals surface area contributed by atoms with E-state index in [1.165, 1.54) is 11.3 Å². The zero-order valence-corrected chi connectivity index (χ0v) is 18.3. The number of benzene rings is 2. The van der Waals surface area contributed by atoms with Crippen molar-refractivity contribution in [1.82, 2.24) is 4.57 Å². The first-order valence-electron chi connectivity index (χ1n) is 9.92. The van der Waals surface area contributed by atoms with Gasteiger partial charge in [-0.25, -0.2) is 9.79 Å². The third-order valence-corrected chi connectivity index (χ3v) is 6.04.